The number of oxazole rings is 1. The molecule has 1 aromatic carbocycles. The van der Waals surface area contributed by atoms with Gasteiger partial charge in [0.2, 0.25) is 0 Å². The number of aliphatic hydroxyl groups is 1. The van der Waals surface area contributed by atoms with E-state index in [-0.39, 0.29) is 12.7 Å². The van der Waals surface area contributed by atoms with Gasteiger partial charge in [0.25, 0.3) is 0 Å². The van der Waals surface area contributed by atoms with Crippen molar-refractivity contribution in [2.75, 3.05) is 0 Å². The van der Waals surface area contributed by atoms with Crippen molar-refractivity contribution < 1.29 is 14.3 Å². The maximum absolute atomic E-state index is 8.87. The van der Waals surface area contributed by atoms with E-state index in [1.54, 1.807) is 0 Å². The van der Waals surface area contributed by atoms with Crippen LogP contribution in [0.4, 0.5) is 0 Å². The van der Waals surface area contributed by atoms with Gasteiger partial charge >= 0.3 is 6.08 Å². The first kappa shape index (κ1) is 11.4. The quantitative estimate of drug-likeness (QED) is 0.878. The lowest BCUT2D eigenvalue weighted by molar-refractivity contribution is 0.276. The van der Waals surface area contributed by atoms with Crippen molar-refractivity contribution in [1.29, 1.82) is 0 Å². The summed E-state index contributed by atoms with van der Waals surface area (Å²) in [6.07, 6.45) is 5.36. The Labute approximate surface area is 99.2 Å². The van der Waals surface area contributed by atoms with Crippen LogP contribution in [-0.2, 0) is 6.61 Å². The number of nitrogens with zero attached hydrogens (tertiary/aromatic N) is 1. The molecule has 0 saturated carbocycles. The second-order valence-corrected chi connectivity index (χ2v) is 3.40. The normalized spacial score (nSPS) is 10.9. The van der Waals surface area contributed by atoms with Crippen molar-refractivity contribution in [3.05, 3.63) is 47.9 Å². The number of rotatable bonds is 4. The first-order chi connectivity index (χ1) is 8.33. The molecule has 0 fully saturated rings. The molecule has 0 spiro atoms. The minimum Gasteiger partial charge on any atom is -0.417 e. The van der Waals surface area contributed by atoms with Crippen molar-refractivity contribution in [2.24, 2.45) is 0 Å². The molecule has 0 aliphatic heterocycles. The van der Waals surface area contributed by atoms with E-state index in [9.17, 15) is 0 Å². The van der Waals surface area contributed by atoms with Crippen LogP contribution >= 0.6 is 0 Å². The summed E-state index contributed by atoms with van der Waals surface area (Å²) in [4.78, 5) is 3.96. The Bertz CT molecular complexity index is 517. The summed E-state index contributed by atoms with van der Waals surface area (Å²) in [5.41, 5.74) is 1.39. The van der Waals surface area contributed by atoms with Crippen molar-refractivity contribution in [3.8, 4) is 11.8 Å². The number of hydrogen-bond acceptors (Lipinski definition) is 4. The van der Waals surface area contributed by atoms with Gasteiger partial charge in [0.05, 0.1) is 6.61 Å². The molecule has 0 bridgehead atoms. The fourth-order valence-electron chi connectivity index (χ4n) is 1.39. The fourth-order valence-corrected chi connectivity index (χ4v) is 1.39. The van der Waals surface area contributed by atoms with Crippen LogP contribution in [0.2, 0.25) is 0 Å². The van der Waals surface area contributed by atoms with Gasteiger partial charge in [-0.2, -0.15) is 4.98 Å². The van der Waals surface area contributed by atoms with Gasteiger partial charge in [0, 0.05) is 5.56 Å². The summed E-state index contributed by atoms with van der Waals surface area (Å²) in [7, 11) is 0. The lowest BCUT2D eigenvalue weighted by atomic mass is 10.2. The van der Waals surface area contributed by atoms with Crippen LogP contribution in [0.3, 0.4) is 0 Å². The Hall–Kier alpha value is -2.07. The molecule has 88 valence electrons. The Balaban J connectivity index is 2.23. The minimum atomic E-state index is -0.163. The second kappa shape index (κ2) is 5.32. The van der Waals surface area contributed by atoms with Gasteiger partial charge in [-0.05, 0) is 13.0 Å². The van der Waals surface area contributed by atoms with E-state index in [4.69, 9.17) is 14.3 Å². The molecule has 0 atom stereocenters. The molecule has 4 nitrogen and oxygen atoms in total. The Morgan fingerprint density at radius 3 is 2.94 bits per heavy atom. The predicted molar refractivity (Wildman–Crippen MR) is 63.6 cm³/mol. The van der Waals surface area contributed by atoms with E-state index in [0.29, 0.717) is 11.4 Å². The average Bonchev–Trinajstić information content (AvgIpc) is 2.80. The summed E-state index contributed by atoms with van der Waals surface area (Å²) >= 11 is 0. The molecule has 4 heteroatoms. The zero-order valence-electron chi connectivity index (χ0n) is 9.46. The van der Waals surface area contributed by atoms with Crippen molar-refractivity contribution in [3.63, 3.8) is 0 Å². The van der Waals surface area contributed by atoms with Crippen molar-refractivity contribution >= 4 is 6.08 Å². The zero-order valence-corrected chi connectivity index (χ0v) is 9.46. The lowest BCUT2D eigenvalue weighted by Crippen LogP contribution is -1.88. The van der Waals surface area contributed by atoms with Gasteiger partial charge in [-0.1, -0.05) is 30.4 Å². The second-order valence-electron chi connectivity index (χ2n) is 3.40. The van der Waals surface area contributed by atoms with Gasteiger partial charge in [0.1, 0.15) is 17.7 Å². The highest BCUT2D eigenvalue weighted by Gasteiger charge is 2.07. The van der Waals surface area contributed by atoms with Gasteiger partial charge in [-0.25, -0.2) is 0 Å². The van der Waals surface area contributed by atoms with Gasteiger partial charge in [-0.15, -0.1) is 0 Å². The molecule has 0 aliphatic rings. The molecule has 1 heterocycles. The zero-order chi connectivity index (χ0) is 12.1. The monoisotopic (exact) mass is 231 g/mol. The number of allylic oxidation sites excluding steroid dienone is 1. The molecule has 0 saturated heterocycles. The van der Waals surface area contributed by atoms with Crippen molar-refractivity contribution in [2.45, 2.75) is 13.5 Å². The summed E-state index contributed by atoms with van der Waals surface area (Å²) in [5, 5.41) is 8.87. The third-order valence-electron chi connectivity index (χ3n) is 2.16. The predicted octanol–water partition coefficient (Wildman–Crippen LogP) is 2.99. The number of hydrogen-bond donors (Lipinski definition) is 1. The highest BCUT2D eigenvalue weighted by molar-refractivity contribution is 5.57. The molecular formula is C13H13NO3. The molecule has 1 N–H and O–H groups in total. The minimum absolute atomic E-state index is 0.131. The molecule has 2 rings (SSSR count). The molecule has 0 aliphatic carbocycles. The number of para-hydroxylation sites is 1. The van der Waals surface area contributed by atoms with Crippen LogP contribution in [-0.4, -0.2) is 10.1 Å². The maximum atomic E-state index is 8.87. The highest BCUT2D eigenvalue weighted by Crippen LogP contribution is 2.25. The number of aliphatic hydroxyl groups excluding tert-OH is 1. The molecule has 17 heavy (non-hydrogen) atoms. The average molecular weight is 231 g/mol. The Morgan fingerprint density at radius 2 is 2.24 bits per heavy atom. The van der Waals surface area contributed by atoms with E-state index in [1.807, 2.05) is 43.3 Å². The SMILES string of the molecule is C/C=C/c1ccccc1Oc1nc(CO)co1. The Kier molecular flexibility index (Phi) is 3.57. The van der Waals surface area contributed by atoms with Crippen LogP contribution in [0, 0.1) is 0 Å². The van der Waals surface area contributed by atoms with Crippen LogP contribution in [0.5, 0.6) is 11.8 Å². The number of aromatic nitrogens is 1. The number of ether oxygens (including phenoxy) is 1. The smallest absolute Gasteiger partial charge is 0.399 e. The van der Waals surface area contributed by atoms with Crippen LogP contribution in [0.25, 0.3) is 6.08 Å². The fraction of sp³-hybridized carbons (Fsp3) is 0.154. The maximum Gasteiger partial charge on any atom is 0.399 e. The summed E-state index contributed by atoms with van der Waals surface area (Å²) in [6, 6.07) is 7.57. The lowest BCUT2D eigenvalue weighted by Gasteiger charge is -2.04. The van der Waals surface area contributed by atoms with Crippen LogP contribution in [0.15, 0.2) is 41.0 Å². The van der Waals surface area contributed by atoms with Crippen LogP contribution < -0.4 is 4.74 Å². The third kappa shape index (κ3) is 2.73. The molecule has 0 unspecified atom stereocenters. The molecule has 1 aromatic heterocycles. The Morgan fingerprint density at radius 1 is 1.41 bits per heavy atom. The van der Waals surface area contributed by atoms with E-state index < -0.39 is 0 Å². The van der Waals surface area contributed by atoms with E-state index >= 15 is 0 Å². The summed E-state index contributed by atoms with van der Waals surface area (Å²) < 4.78 is 10.6. The molecule has 0 radical (unpaired) electrons. The van der Waals surface area contributed by atoms with Crippen LogP contribution in [0.1, 0.15) is 18.2 Å². The first-order valence-corrected chi connectivity index (χ1v) is 5.28. The van der Waals surface area contributed by atoms with Gasteiger partial charge < -0.3 is 14.3 Å². The molecule has 2 aromatic rings. The summed E-state index contributed by atoms with van der Waals surface area (Å²) in [5.74, 6) is 0.664. The van der Waals surface area contributed by atoms with Gasteiger partial charge in [-0.3, -0.25) is 0 Å². The molecular weight excluding hydrogens is 218 g/mol. The molecule has 0 amide bonds. The third-order valence-corrected chi connectivity index (χ3v) is 2.16. The number of benzene rings is 1. The van der Waals surface area contributed by atoms with E-state index in [0.717, 1.165) is 5.56 Å². The van der Waals surface area contributed by atoms with Gasteiger partial charge in [0.15, 0.2) is 0 Å². The highest BCUT2D eigenvalue weighted by atomic mass is 16.6. The first-order valence-electron chi connectivity index (χ1n) is 5.28. The van der Waals surface area contributed by atoms with E-state index in [1.165, 1.54) is 6.26 Å². The standard InChI is InChI=1S/C13H13NO3/c1-2-5-10-6-3-4-7-12(10)17-13-14-11(8-15)9-16-13/h2-7,9,15H,8H2,1H3/b5-2+. The van der Waals surface area contributed by atoms with E-state index in [2.05, 4.69) is 4.98 Å². The topological polar surface area (TPSA) is 55.5 Å². The van der Waals surface area contributed by atoms with Crippen molar-refractivity contribution in [1.82, 2.24) is 4.98 Å². The summed E-state index contributed by atoms with van der Waals surface area (Å²) in [6.45, 7) is 1.77. The largest absolute Gasteiger partial charge is 0.417 e.